The summed E-state index contributed by atoms with van der Waals surface area (Å²) in [6, 6.07) is 5.28. The monoisotopic (exact) mass is 313 g/mol. The average molecular weight is 313 g/mol. The van der Waals surface area contributed by atoms with Gasteiger partial charge in [-0.1, -0.05) is 6.07 Å². The van der Waals surface area contributed by atoms with Crippen molar-refractivity contribution in [3.63, 3.8) is 0 Å². The zero-order chi connectivity index (χ0) is 15.7. The molecule has 0 fully saturated rings. The quantitative estimate of drug-likeness (QED) is 0.920. The van der Waals surface area contributed by atoms with Gasteiger partial charge in [0.2, 0.25) is 0 Å². The number of hydrogen-bond acceptors (Lipinski definition) is 5. The average Bonchev–Trinajstić information content (AvgIpc) is 2.62. The summed E-state index contributed by atoms with van der Waals surface area (Å²) in [5, 5.41) is 3.11. The lowest BCUT2D eigenvalue weighted by Gasteiger charge is -2.33. The first kappa shape index (κ1) is 16.1. The second-order valence-electron chi connectivity index (χ2n) is 5.85. The van der Waals surface area contributed by atoms with E-state index in [4.69, 9.17) is 9.47 Å². The highest BCUT2D eigenvalue weighted by atomic mass is 32.2. The Morgan fingerprint density at radius 1 is 1.19 bits per heavy atom. The fourth-order valence-electron chi connectivity index (χ4n) is 2.49. The van der Waals surface area contributed by atoms with Gasteiger partial charge in [0.05, 0.1) is 24.0 Å². The van der Waals surface area contributed by atoms with Gasteiger partial charge >= 0.3 is 0 Å². The van der Waals surface area contributed by atoms with Gasteiger partial charge in [-0.15, -0.1) is 0 Å². The molecule has 0 aromatic heterocycles. The maximum Gasteiger partial charge on any atom is 0.161 e. The Balaban J connectivity index is 2.42. The summed E-state index contributed by atoms with van der Waals surface area (Å²) in [6.45, 7) is 4.70. The highest BCUT2D eigenvalue weighted by molar-refractivity contribution is 7.92. The van der Waals surface area contributed by atoms with Crippen LogP contribution >= 0.6 is 0 Å². The Labute approximate surface area is 126 Å². The Morgan fingerprint density at radius 2 is 1.81 bits per heavy atom. The molecule has 1 aromatic rings. The van der Waals surface area contributed by atoms with Crippen molar-refractivity contribution in [3.8, 4) is 11.5 Å². The molecule has 118 valence electrons. The molecule has 1 atom stereocenters. The third-order valence-corrected chi connectivity index (χ3v) is 6.19. The van der Waals surface area contributed by atoms with Gasteiger partial charge in [-0.25, -0.2) is 8.42 Å². The van der Waals surface area contributed by atoms with Gasteiger partial charge in [-0.3, -0.25) is 0 Å². The third-order valence-electron chi connectivity index (χ3n) is 4.04. The maximum absolute atomic E-state index is 12.1. The summed E-state index contributed by atoms with van der Waals surface area (Å²) in [5.74, 6) is 1.39. The molecule has 1 heterocycles. The van der Waals surface area contributed by atoms with Crippen LogP contribution in [0.25, 0.3) is 0 Å². The molecule has 0 radical (unpaired) electrons. The van der Waals surface area contributed by atoms with E-state index in [2.05, 4.69) is 5.32 Å². The van der Waals surface area contributed by atoms with Crippen molar-refractivity contribution in [1.29, 1.82) is 0 Å². The van der Waals surface area contributed by atoms with Crippen molar-refractivity contribution in [1.82, 2.24) is 5.32 Å². The van der Waals surface area contributed by atoms with Crippen LogP contribution in [0.3, 0.4) is 0 Å². The molecule has 21 heavy (non-hydrogen) atoms. The van der Waals surface area contributed by atoms with E-state index in [0.717, 1.165) is 12.0 Å². The highest BCUT2D eigenvalue weighted by Crippen LogP contribution is 2.37. The molecule has 1 aliphatic heterocycles. The van der Waals surface area contributed by atoms with Crippen LogP contribution in [0, 0.1) is 0 Å². The summed E-state index contributed by atoms with van der Waals surface area (Å²) in [5.41, 5.74) is 0.872. The van der Waals surface area contributed by atoms with E-state index in [-0.39, 0.29) is 6.04 Å². The SMILES string of the molecule is CNC(c1ccc2c(c1)OCCCO2)C(C)(C)S(C)(=O)=O. The summed E-state index contributed by atoms with van der Waals surface area (Å²) in [4.78, 5) is 0. The zero-order valence-electron chi connectivity index (χ0n) is 13.0. The molecule has 0 amide bonds. The largest absolute Gasteiger partial charge is 0.490 e. The molecule has 0 saturated carbocycles. The molecule has 0 aliphatic carbocycles. The molecular weight excluding hydrogens is 290 g/mol. The first-order valence-electron chi connectivity index (χ1n) is 7.04. The van der Waals surface area contributed by atoms with Crippen LogP contribution in [0.4, 0.5) is 0 Å². The predicted octanol–water partition coefficient (Wildman–Crippen LogP) is 1.93. The number of fused-ring (bicyclic) bond motifs is 1. The van der Waals surface area contributed by atoms with E-state index < -0.39 is 14.6 Å². The first-order valence-corrected chi connectivity index (χ1v) is 8.93. The van der Waals surface area contributed by atoms with Gasteiger partial charge in [-0.2, -0.15) is 0 Å². The van der Waals surface area contributed by atoms with Gasteiger partial charge in [0.25, 0.3) is 0 Å². The minimum Gasteiger partial charge on any atom is -0.490 e. The lowest BCUT2D eigenvalue weighted by atomic mass is 9.95. The Kier molecular flexibility index (Phi) is 4.49. The van der Waals surface area contributed by atoms with Crippen LogP contribution in [0.5, 0.6) is 11.5 Å². The molecule has 1 unspecified atom stereocenters. The molecule has 2 rings (SSSR count). The number of hydrogen-bond donors (Lipinski definition) is 1. The molecule has 0 saturated heterocycles. The third kappa shape index (κ3) is 3.16. The first-order chi connectivity index (χ1) is 9.77. The van der Waals surface area contributed by atoms with Gasteiger partial charge in [0.15, 0.2) is 21.3 Å². The summed E-state index contributed by atoms with van der Waals surface area (Å²) >= 11 is 0. The van der Waals surface area contributed by atoms with Crippen LogP contribution < -0.4 is 14.8 Å². The molecule has 0 bridgehead atoms. The van der Waals surface area contributed by atoms with E-state index >= 15 is 0 Å². The number of ether oxygens (including phenoxy) is 2. The Morgan fingerprint density at radius 3 is 2.38 bits per heavy atom. The molecule has 0 spiro atoms. The van der Waals surface area contributed by atoms with Crippen molar-refractivity contribution in [2.75, 3.05) is 26.5 Å². The van der Waals surface area contributed by atoms with Crippen LogP contribution in [0.2, 0.25) is 0 Å². The smallest absolute Gasteiger partial charge is 0.161 e. The van der Waals surface area contributed by atoms with E-state index in [1.165, 1.54) is 6.26 Å². The number of nitrogens with one attached hydrogen (secondary N) is 1. The fraction of sp³-hybridized carbons (Fsp3) is 0.600. The normalized spacial score (nSPS) is 17.1. The van der Waals surface area contributed by atoms with Crippen molar-refractivity contribution in [2.24, 2.45) is 0 Å². The predicted molar refractivity (Wildman–Crippen MR) is 82.8 cm³/mol. The minimum atomic E-state index is -3.22. The molecule has 1 N–H and O–H groups in total. The summed E-state index contributed by atoms with van der Waals surface area (Å²) < 4.78 is 34.5. The molecular formula is C15H23NO4S. The van der Waals surface area contributed by atoms with Gasteiger partial charge in [0, 0.05) is 12.7 Å². The molecule has 1 aliphatic rings. The van der Waals surface area contributed by atoms with Gasteiger partial charge in [-0.05, 0) is 38.6 Å². The maximum atomic E-state index is 12.1. The van der Waals surface area contributed by atoms with Crippen LogP contribution in [-0.2, 0) is 9.84 Å². The van der Waals surface area contributed by atoms with E-state index in [1.54, 1.807) is 20.9 Å². The second kappa shape index (κ2) is 5.85. The van der Waals surface area contributed by atoms with Crippen molar-refractivity contribution in [2.45, 2.75) is 31.1 Å². The zero-order valence-corrected chi connectivity index (χ0v) is 13.8. The minimum absolute atomic E-state index is 0.329. The second-order valence-corrected chi connectivity index (χ2v) is 8.45. The summed E-state index contributed by atoms with van der Waals surface area (Å²) in [7, 11) is -1.46. The number of rotatable bonds is 4. The molecule has 5 nitrogen and oxygen atoms in total. The lowest BCUT2D eigenvalue weighted by Crippen LogP contribution is -2.43. The lowest BCUT2D eigenvalue weighted by molar-refractivity contribution is 0.297. The fourth-order valence-corrected chi connectivity index (χ4v) is 3.17. The Bertz CT molecular complexity index is 610. The standard InChI is InChI=1S/C15H23NO4S/c1-15(2,21(4,17)18)14(16-3)11-6-7-12-13(10-11)20-9-5-8-19-12/h6-7,10,14,16H,5,8-9H2,1-4H3. The van der Waals surface area contributed by atoms with E-state index in [1.807, 2.05) is 18.2 Å². The van der Waals surface area contributed by atoms with Gasteiger partial charge in [0.1, 0.15) is 0 Å². The topological polar surface area (TPSA) is 64.6 Å². The Hall–Kier alpha value is -1.27. The van der Waals surface area contributed by atoms with Crippen LogP contribution in [-0.4, -0.2) is 39.7 Å². The van der Waals surface area contributed by atoms with Crippen molar-refractivity contribution < 1.29 is 17.9 Å². The van der Waals surface area contributed by atoms with E-state index in [9.17, 15) is 8.42 Å². The van der Waals surface area contributed by atoms with Crippen LogP contribution in [0.15, 0.2) is 18.2 Å². The molecule has 6 heteroatoms. The van der Waals surface area contributed by atoms with Gasteiger partial charge < -0.3 is 14.8 Å². The van der Waals surface area contributed by atoms with Crippen molar-refractivity contribution >= 4 is 9.84 Å². The summed E-state index contributed by atoms with van der Waals surface area (Å²) in [6.07, 6.45) is 2.11. The number of benzene rings is 1. The molecule has 1 aromatic carbocycles. The van der Waals surface area contributed by atoms with Crippen LogP contribution in [0.1, 0.15) is 31.9 Å². The number of sulfone groups is 1. The van der Waals surface area contributed by atoms with E-state index in [0.29, 0.717) is 24.7 Å². The highest BCUT2D eigenvalue weighted by Gasteiger charge is 2.39. The van der Waals surface area contributed by atoms with Crippen molar-refractivity contribution in [3.05, 3.63) is 23.8 Å².